The van der Waals surface area contributed by atoms with Crippen LogP contribution in [0.1, 0.15) is 32.4 Å². The molecule has 0 fully saturated rings. The van der Waals surface area contributed by atoms with Crippen LogP contribution in [-0.2, 0) is 4.79 Å². The summed E-state index contributed by atoms with van der Waals surface area (Å²) in [6, 6.07) is 9.21. The minimum absolute atomic E-state index is 0.0522. The van der Waals surface area contributed by atoms with Gasteiger partial charge in [-0.25, -0.2) is 0 Å². The highest BCUT2D eigenvalue weighted by atomic mass is 28.3. The summed E-state index contributed by atoms with van der Waals surface area (Å²) in [7, 11) is -2.17. The molecular formula is C16H24O2Si. The molecule has 0 radical (unpaired) electrons. The number of hydrogen-bond acceptors (Lipinski definition) is 2. The predicted octanol–water partition coefficient (Wildman–Crippen LogP) is 3.89. The Kier molecular flexibility index (Phi) is 4.53. The summed E-state index contributed by atoms with van der Waals surface area (Å²) < 4.78 is 0. The van der Waals surface area contributed by atoms with Gasteiger partial charge in [-0.3, -0.25) is 0 Å². The first-order valence-electron chi connectivity index (χ1n) is 6.55. The van der Waals surface area contributed by atoms with E-state index in [2.05, 4.69) is 27.4 Å². The van der Waals surface area contributed by atoms with Crippen LogP contribution >= 0.6 is 0 Å². The summed E-state index contributed by atoms with van der Waals surface area (Å²) in [5.41, 5.74) is 1.04. The summed E-state index contributed by atoms with van der Waals surface area (Å²) in [4.78, 5) is 12.6. The lowest BCUT2D eigenvalue weighted by Gasteiger charge is -2.36. The van der Waals surface area contributed by atoms with E-state index in [-0.39, 0.29) is 10.4 Å². The summed E-state index contributed by atoms with van der Waals surface area (Å²) in [5, 5.41) is 10.3. The van der Waals surface area contributed by atoms with Crippen LogP contribution in [0.25, 0.3) is 0 Å². The van der Waals surface area contributed by atoms with E-state index in [1.807, 2.05) is 43.4 Å². The van der Waals surface area contributed by atoms with E-state index < -0.39 is 14.2 Å². The first-order valence-corrected chi connectivity index (χ1v) is 9.55. The first-order chi connectivity index (χ1) is 8.59. The molecule has 0 bridgehead atoms. The lowest BCUT2D eigenvalue weighted by atomic mass is 10.0. The molecule has 3 heteroatoms. The summed E-state index contributed by atoms with van der Waals surface area (Å²) >= 11 is 0. The Morgan fingerprint density at radius 1 is 1.21 bits per heavy atom. The molecule has 1 unspecified atom stereocenters. The van der Waals surface area contributed by atoms with E-state index in [0.29, 0.717) is 5.57 Å². The van der Waals surface area contributed by atoms with Gasteiger partial charge in [0.05, 0.1) is 0 Å². The van der Waals surface area contributed by atoms with Gasteiger partial charge in [0.25, 0.3) is 0 Å². The van der Waals surface area contributed by atoms with Crippen LogP contribution in [0.3, 0.4) is 0 Å². The molecule has 19 heavy (non-hydrogen) atoms. The van der Waals surface area contributed by atoms with Crippen molar-refractivity contribution in [3.8, 4) is 0 Å². The van der Waals surface area contributed by atoms with Crippen LogP contribution in [0.2, 0.25) is 18.1 Å². The summed E-state index contributed by atoms with van der Waals surface area (Å²) in [6.45, 7) is 14.2. The topological polar surface area (TPSA) is 37.3 Å². The van der Waals surface area contributed by atoms with Gasteiger partial charge in [-0.2, -0.15) is 0 Å². The largest absolute Gasteiger partial charge is 0.384 e. The standard InChI is InChI=1S/C16H24O2Si/c1-12(14(17)13-10-8-7-9-11-13)15(18)19(5,6)16(2,3)4/h7-11,14,17H,1H2,2-6H3. The summed E-state index contributed by atoms with van der Waals surface area (Å²) in [5.74, 6) is 0. The monoisotopic (exact) mass is 276 g/mol. The highest BCUT2D eigenvalue weighted by Crippen LogP contribution is 2.39. The average Bonchev–Trinajstić information content (AvgIpc) is 2.35. The van der Waals surface area contributed by atoms with Gasteiger partial charge in [0.2, 0.25) is 0 Å². The highest BCUT2D eigenvalue weighted by molar-refractivity contribution is 7.08. The predicted molar refractivity (Wildman–Crippen MR) is 82.7 cm³/mol. The molecule has 1 atom stereocenters. The van der Waals surface area contributed by atoms with E-state index in [0.717, 1.165) is 5.56 Å². The van der Waals surface area contributed by atoms with Crippen molar-refractivity contribution >= 4 is 13.5 Å². The zero-order valence-electron chi connectivity index (χ0n) is 12.5. The lowest BCUT2D eigenvalue weighted by Crippen LogP contribution is -2.47. The molecule has 0 saturated heterocycles. The van der Waals surface area contributed by atoms with Crippen molar-refractivity contribution in [3.05, 3.63) is 48.0 Å². The molecule has 0 aliphatic rings. The molecule has 1 N–H and O–H groups in total. The van der Waals surface area contributed by atoms with E-state index >= 15 is 0 Å². The Labute approximate surface area is 117 Å². The molecule has 0 saturated carbocycles. The normalized spacial score (nSPS) is 14.0. The van der Waals surface area contributed by atoms with Gasteiger partial charge in [-0.05, 0) is 10.6 Å². The number of rotatable bonds is 4. The van der Waals surface area contributed by atoms with E-state index in [1.165, 1.54) is 0 Å². The SMILES string of the molecule is C=C(C(=O)[Si](C)(C)C(C)(C)C)C(O)c1ccccc1. The molecule has 0 aliphatic heterocycles. The van der Waals surface area contributed by atoms with Gasteiger partial charge < -0.3 is 9.90 Å². The minimum Gasteiger partial charge on any atom is -0.384 e. The van der Waals surface area contributed by atoms with Crippen LogP contribution in [0.4, 0.5) is 0 Å². The van der Waals surface area contributed by atoms with E-state index in [4.69, 9.17) is 0 Å². The Morgan fingerprint density at radius 3 is 2.11 bits per heavy atom. The molecule has 1 aromatic carbocycles. The minimum atomic E-state index is -2.17. The maximum atomic E-state index is 12.6. The van der Waals surface area contributed by atoms with Gasteiger partial charge in [0.1, 0.15) is 19.6 Å². The average molecular weight is 276 g/mol. The number of aliphatic hydroxyl groups excluding tert-OH is 1. The van der Waals surface area contributed by atoms with Crippen molar-refractivity contribution < 1.29 is 9.90 Å². The van der Waals surface area contributed by atoms with Crippen LogP contribution in [-0.4, -0.2) is 18.6 Å². The van der Waals surface area contributed by atoms with Crippen LogP contribution in [0.5, 0.6) is 0 Å². The van der Waals surface area contributed by atoms with Crippen molar-refractivity contribution in [2.45, 2.75) is 45.0 Å². The molecule has 0 heterocycles. The van der Waals surface area contributed by atoms with E-state index in [9.17, 15) is 9.90 Å². The first kappa shape index (κ1) is 15.9. The van der Waals surface area contributed by atoms with Gasteiger partial charge >= 0.3 is 0 Å². The number of carbonyl (C=O) groups is 1. The third-order valence-electron chi connectivity index (χ3n) is 4.18. The Balaban J connectivity index is 2.99. The molecule has 2 nitrogen and oxygen atoms in total. The number of hydrogen-bond donors (Lipinski definition) is 1. The quantitative estimate of drug-likeness (QED) is 0.669. The molecular weight excluding hydrogens is 252 g/mol. The number of aliphatic hydroxyl groups is 1. The molecule has 1 aromatic rings. The molecule has 104 valence electrons. The molecule has 0 aliphatic carbocycles. The Bertz CT molecular complexity index is 469. The molecule has 0 spiro atoms. The maximum Gasteiger partial charge on any atom is 0.139 e. The van der Waals surface area contributed by atoms with Crippen LogP contribution < -0.4 is 0 Å². The van der Waals surface area contributed by atoms with Gasteiger partial charge in [0, 0.05) is 5.57 Å². The highest BCUT2D eigenvalue weighted by Gasteiger charge is 2.44. The third-order valence-corrected chi connectivity index (χ3v) is 9.39. The van der Waals surface area contributed by atoms with Crippen LogP contribution in [0, 0.1) is 0 Å². The van der Waals surface area contributed by atoms with Crippen molar-refractivity contribution in [1.82, 2.24) is 0 Å². The molecule has 0 aromatic heterocycles. The number of benzene rings is 1. The van der Waals surface area contributed by atoms with Crippen LogP contribution in [0.15, 0.2) is 42.5 Å². The molecule has 0 amide bonds. The van der Waals surface area contributed by atoms with Gasteiger partial charge in [0.15, 0.2) is 0 Å². The maximum absolute atomic E-state index is 12.6. The zero-order valence-corrected chi connectivity index (χ0v) is 13.5. The lowest BCUT2D eigenvalue weighted by molar-refractivity contribution is -0.110. The van der Waals surface area contributed by atoms with Crippen molar-refractivity contribution in [2.24, 2.45) is 0 Å². The second-order valence-corrected chi connectivity index (χ2v) is 11.7. The smallest absolute Gasteiger partial charge is 0.139 e. The van der Waals surface area contributed by atoms with Gasteiger partial charge in [-0.1, -0.05) is 70.8 Å². The Hall–Kier alpha value is -1.19. The third kappa shape index (κ3) is 3.22. The van der Waals surface area contributed by atoms with Crippen molar-refractivity contribution in [3.63, 3.8) is 0 Å². The zero-order chi connectivity index (χ0) is 14.8. The van der Waals surface area contributed by atoms with Crippen molar-refractivity contribution in [1.29, 1.82) is 0 Å². The fraction of sp³-hybridized carbons (Fsp3) is 0.438. The molecule has 1 rings (SSSR count). The summed E-state index contributed by atoms with van der Waals surface area (Å²) in [6.07, 6.45) is -0.900. The fourth-order valence-corrected chi connectivity index (χ4v) is 3.32. The van der Waals surface area contributed by atoms with E-state index in [1.54, 1.807) is 0 Å². The van der Waals surface area contributed by atoms with Crippen molar-refractivity contribution in [2.75, 3.05) is 0 Å². The number of carbonyl (C=O) groups excluding carboxylic acids is 1. The second-order valence-electron chi connectivity index (χ2n) is 6.54. The fourth-order valence-electron chi connectivity index (χ4n) is 1.70. The second kappa shape index (κ2) is 5.43. The van der Waals surface area contributed by atoms with Gasteiger partial charge in [-0.15, -0.1) is 0 Å². The Morgan fingerprint density at radius 2 is 1.68 bits per heavy atom.